The molecule has 106 heavy (non-hydrogen) atoms. The van der Waals surface area contributed by atoms with Crippen LogP contribution in [0.25, 0.3) is 0 Å². The summed E-state index contributed by atoms with van der Waals surface area (Å²) in [4.78, 5) is 84.7. The van der Waals surface area contributed by atoms with Gasteiger partial charge in [0.05, 0.1) is 12.2 Å². The molecule has 41 heteroatoms. The van der Waals surface area contributed by atoms with Crippen LogP contribution in [0.4, 0.5) is 17.6 Å². The Morgan fingerprint density at radius 3 is 1.43 bits per heavy atom. The van der Waals surface area contributed by atoms with Gasteiger partial charge in [-0.05, 0) is 94.6 Å². The molecular weight excluding hydrogens is 1700 g/mol. The van der Waals surface area contributed by atoms with Gasteiger partial charge in [0.25, 0.3) is 16.7 Å². The number of aromatic nitrogens is 8. The van der Waals surface area contributed by atoms with E-state index in [4.69, 9.17) is 115 Å². The zero-order valence-electron chi connectivity index (χ0n) is 60.4. The Kier molecular flexibility index (Phi) is 37.1. The summed E-state index contributed by atoms with van der Waals surface area (Å²) in [7, 11) is 17.3. The Labute approximate surface area is 652 Å². The molecule has 0 spiro atoms. The van der Waals surface area contributed by atoms with Crippen LogP contribution in [0.15, 0.2) is 98.9 Å². The molecule has 0 saturated carbocycles. The quantitative estimate of drug-likeness (QED) is 0.0101. The van der Waals surface area contributed by atoms with E-state index in [1.807, 2.05) is 19.9 Å². The number of carbonyl (C=O) groups is 3. The molecule has 4 aliphatic rings. The monoisotopic (exact) mass is 1800 g/mol. The van der Waals surface area contributed by atoms with Gasteiger partial charge >= 0.3 is 67.5 Å². The molecule has 0 bridgehead atoms. The molecule has 4 saturated heterocycles. The van der Waals surface area contributed by atoms with E-state index < -0.39 is 169 Å². The van der Waals surface area contributed by atoms with Gasteiger partial charge in [0.2, 0.25) is 20.5 Å². The molecule has 7 N–H and O–H groups in total. The van der Waals surface area contributed by atoms with Crippen LogP contribution in [0.1, 0.15) is 118 Å². The summed E-state index contributed by atoms with van der Waals surface area (Å²) < 4.78 is 103. The van der Waals surface area contributed by atoms with Crippen LogP contribution < -0.4 is 21.1 Å². The molecule has 1 aromatic carbocycles. The van der Waals surface area contributed by atoms with E-state index >= 15 is 0 Å². The third-order valence-corrected chi connectivity index (χ3v) is 22.7. The summed E-state index contributed by atoms with van der Waals surface area (Å²) in [6.07, 6.45) is -1.39. The van der Waals surface area contributed by atoms with E-state index in [2.05, 4.69) is 64.2 Å². The first kappa shape index (κ1) is 96.2. The number of hydrogen-bond acceptors (Lipinski definition) is 24. The van der Waals surface area contributed by atoms with Gasteiger partial charge in [-0.1, -0.05) is 86.8 Å². The molecule has 4 fully saturated rings. The van der Waals surface area contributed by atoms with Crippen molar-refractivity contribution in [3.8, 4) is 5.88 Å². The van der Waals surface area contributed by atoms with Crippen molar-refractivity contribution in [1.82, 2.24) is 38.6 Å². The molecule has 8 heterocycles. The average Bonchev–Trinajstić information content (AvgIpc) is 1.59. The Bertz CT molecular complexity index is 3920. The number of alkyl halides is 4. The number of aromatic amines is 3. The van der Waals surface area contributed by atoms with Gasteiger partial charge in [-0.25, -0.2) is 27.3 Å². The minimum absolute atomic E-state index is 0. The molecule has 5 unspecified atom stereocenters. The molecule has 0 amide bonds. The number of nitrogens with zero attached hydrogens (tertiary/aromatic N) is 5. The molecule has 4 aromatic heterocycles. The molecule has 5 aromatic rings. The zero-order chi connectivity index (χ0) is 79.8. The van der Waals surface area contributed by atoms with Crippen LogP contribution >= 0.6 is 83.5 Å². The van der Waals surface area contributed by atoms with Gasteiger partial charge in [0.15, 0.2) is 55.5 Å². The SMILES string of the molecule is C.CC[C@@]1(CF)OC(OC(C)=O)C(C)(OC(=O)c2ccccc2)[C@H]1C.CC[C@@]1(CF)OC(n2ccc(=O)[nH]c2=S)[C@H](O)[C@@H]1C.CC[C@@]1(CF)OC(n2ccc(=O)[nH]c2=S)[C@H](OC(C)=O)[C@@H]1C.C[Si](C)(C)Oc1ccnc(S[Si](C)(C)C)n1.O=c1ccn(C2O[C@@](CO)(CF)[C@@H](O)[C@H]2O)c(=S)[nH]1.[Cl][Sn]([Cl])([Cl])[Cl]. The van der Waals surface area contributed by atoms with E-state index in [-0.39, 0.29) is 44.7 Å². The van der Waals surface area contributed by atoms with E-state index in [0.717, 1.165) is 17.1 Å². The molecule has 596 valence electrons. The molecule has 4 aliphatic heterocycles. The number of benzene rings is 1. The second kappa shape index (κ2) is 40.9. The Hall–Kier alpha value is -4.05. The number of halogens is 8. The average molecular weight is 1800 g/mol. The van der Waals surface area contributed by atoms with Crippen molar-refractivity contribution in [2.24, 2.45) is 17.8 Å². The van der Waals surface area contributed by atoms with E-state index in [0.29, 0.717) is 24.8 Å². The van der Waals surface area contributed by atoms with Crippen molar-refractivity contribution in [3.05, 3.63) is 130 Å². The van der Waals surface area contributed by atoms with Gasteiger partial charge in [0.1, 0.15) is 69.0 Å². The first-order valence-corrected chi connectivity index (χ1v) is 57.0. The number of H-pyrrole nitrogens is 3. The minimum atomic E-state index is -3.29. The number of rotatable bonds is 19. The topological polar surface area (TPSA) is 345 Å². The van der Waals surface area contributed by atoms with Crippen LogP contribution in [0.5, 0.6) is 5.88 Å². The van der Waals surface area contributed by atoms with Crippen molar-refractivity contribution >= 4 is 131 Å². The van der Waals surface area contributed by atoms with E-state index in [9.17, 15) is 61.6 Å². The molecule has 26 nitrogen and oxygen atoms in total. The van der Waals surface area contributed by atoms with Crippen molar-refractivity contribution in [2.45, 2.75) is 211 Å². The Morgan fingerprint density at radius 1 is 0.642 bits per heavy atom. The van der Waals surface area contributed by atoms with Crippen LogP contribution in [0, 0.1) is 32.1 Å². The summed E-state index contributed by atoms with van der Waals surface area (Å²) in [6, 6.07) is 14.0. The molecule has 0 aliphatic carbocycles. The molecular formula is C65H96Cl4F4N8O18S4Si2Sn. The fourth-order valence-electron chi connectivity index (χ4n) is 11.3. The summed E-state index contributed by atoms with van der Waals surface area (Å²) >= 11 is 13.6. The van der Waals surface area contributed by atoms with Gasteiger partial charge in [-0.2, -0.15) is 4.98 Å². The van der Waals surface area contributed by atoms with Gasteiger partial charge in [-0.3, -0.25) is 52.6 Å². The number of esters is 3. The third-order valence-electron chi connectivity index (χ3n) is 17.6. The Morgan fingerprint density at radius 2 is 1.06 bits per heavy atom. The fourth-order valence-corrected chi connectivity index (χ4v) is 15.6. The normalized spacial score (nSPS) is 28.7. The van der Waals surface area contributed by atoms with Crippen LogP contribution in [-0.4, -0.2) is 198 Å². The predicted molar refractivity (Wildman–Crippen MR) is 410 cm³/mol. The number of aliphatic hydroxyl groups excluding tert-OH is 4. The number of nitrogens with one attached hydrogen (secondary N) is 3. The maximum absolute atomic E-state index is 13.7. The second-order valence-electron chi connectivity index (χ2n) is 26.9. The molecule has 9 rings (SSSR count). The standard InChI is InChI=1S/C18H23FO5.C14H19FN2O4S.C12H17FN2O3S.C10H13FN2O5S.C10H20N2OSSi2.CH4.4ClH.Sn/c1-5-18(11-19)12(2)17(4,16(24-18)22-13(3)20)23-15(21)14-9-7-6-8-10-14;1-4-14(7-15)8(2)11(20-9(3)18)12(21-14)17-6-5-10(19)16-13(17)22;1-3-12(6-13)7(2)9(17)10(18-12)15-5-4-8(16)14-11(15)19;11-3-10(4-14)7(17)6(16)8(18-10)13-2-1-5(15)12-9(13)19;1-15(2,3)13-9-7-8-11-10(12-9)14-16(4,5)6;;;;;;/h6-10,12,16H,5,11H2,1-4H3;5-6,8,11-12H,4,7H2,1-3H3,(H,16,19,22);4-5,7,9-10,17H,3,6H2,1-2H3,(H,14,16,19);1-2,6-8,14,16-17H,3-4H2,(H,12,15,19);7-8H,1-6H3;1H4;4*1H;/q;;;;;;;;;;+4/p-4/t12-,16?,17?,18+;8-,11+,12?,14-;7-,9+,10?,12-;6-,7+,8?,10-;;;;;;;/m1001......./s1. The fraction of sp³-hybridized carbons (Fsp3) is 0.615. The second-order valence-corrected chi connectivity index (χ2v) is 67.0. The van der Waals surface area contributed by atoms with Crippen LogP contribution in [-0.2, 0) is 42.7 Å². The number of hydrogen-bond donors (Lipinski definition) is 7. The summed E-state index contributed by atoms with van der Waals surface area (Å²) in [5.41, 5.74) is -7.14. The predicted octanol–water partition coefficient (Wildman–Crippen LogP) is 12.4. The van der Waals surface area contributed by atoms with Crippen molar-refractivity contribution in [1.29, 1.82) is 0 Å². The summed E-state index contributed by atoms with van der Waals surface area (Å²) in [5.74, 6) is -2.14. The van der Waals surface area contributed by atoms with Gasteiger partial charge in [0, 0.05) is 80.7 Å². The van der Waals surface area contributed by atoms with Crippen LogP contribution in [0.3, 0.4) is 0 Å². The van der Waals surface area contributed by atoms with Crippen molar-refractivity contribution < 1.29 is 90.0 Å². The first-order valence-electron chi connectivity index (χ1n) is 32.8. The number of aliphatic hydroxyl groups is 4. The van der Waals surface area contributed by atoms with Crippen LogP contribution in [0.2, 0.25) is 39.3 Å². The summed E-state index contributed by atoms with van der Waals surface area (Å²) in [6.45, 7) is 24.0. The molecule has 0 radical (unpaired) electrons. The van der Waals surface area contributed by atoms with Gasteiger partial charge < -0.3 is 58.0 Å². The van der Waals surface area contributed by atoms with E-state index in [1.165, 1.54) is 58.3 Å². The first-order chi connectivity index (χ1) is 48.7. The number of carbonyl (C=O) groups excluding carboxylic acids is 3. The number of ether oxygens (including phenoxy) is 7. The van der Waals surface area contributed by atoms with E-state index in [1.54, 1.807) is 82.4 Å². The molecule has 16 atom stereocenters. The zero-order valence-corrected chi connectivity index (χ0v) is 71.6. The maximum atomic E-state index is 13.7. The third kappa shape index (κ3) is 25.5. The Balaban J connectivity index is 0.000000339. The summed E-state index contributed by atoms with van der Waals surface area (Å²) in [5, 5.41) is 39.9. The van der Waals surface area contributed by atoms with Crippen molar-refractivity contribution in [2.75, 3.05) is 33.3 Å². The van der Waals surface area contributed by atoms with Gasteiger partial charge in [-0.15, -0.1) is 11.2 Å². The van der Waals surface area contributed by atoms with Crippen molar-refractivity contribution in [3.63, 3.8) is 0 Å².